The van der Waals surface area contributed by atoms with Crippen LogP contribution in [0, 0.1) is 12.8 Å². The maximum atomic E-state index is 13.0. The van der Waals surface area contributed by atoms with E-state index in [1.54, 1.807) is 37.3 Å². The third-order valence-electron chi connectivity index (χ3n) is 4.31. The molecular formula is C20H20BN3O3. The zero-order valence-electron chi connectivity index (χ0n) is 15.5. The Morgan fingerprint density at radius 2 is 2.04 bits per heavy atom. The molecule has 3 aromatic rings. The molecule has 0 aliphatic heterocycles. The second-order valence-corrected chi connectivity index (χ2v) is 6.90. The van der Waals surface area contributed by atoms with Crippen molar-refractivity contribution >= 4 is 35.9 Å². The molecule has 0 fully saturated rings. The number of aryl methyl sites for hydroxylation is 1. The molecule has 0 bridgehead atoms. The van der Waals surface area contributed by atoms with Gasteiger partial charge in [0.2, 0.25) is 0 Å². The number of aromatic hydroxyl groups is 1. The molecule has 2 radical (unpaired) electrons. The van der Waals surface area contributed by atoms with Crippen LogP contribution in [0.25, 0.3) is 10.9 Å². The lowest BCUT2D eigenvalue weighted by Gasteiger charge is -2.18. The molecule has 2 aromatic heterocycles. The molecule has 0 saturated heterocycles. The third-order valence-corrected chi connectivity index (χ3v) is 4.31. The van der Waals surface area contributed by atoms with Crippen LogP contribution in [0.1, 0.15) is 29.8 Å². The number of aromatic nitrogens is 2. The van der Waals surface area contributed by atoms with E-state index in [-0.39, 0.29) is 11.5 Å². The average Bonchev–Trinajstić information content (AvgIpc) is 2.60. The van der Waals surface area contributed by atoms with Crippen molar-refractivity contribution in [3.63, 3.8) is 0 Å². The Morgan fingerprint density at radius 1 is 1.30 bits per heavy atom. The molecule has 27 heavy (non-hydrogen) atoms. The normalized spacial score (nSPS) is 11.1. The highest BCUT2D eigenvalue weighted by atomic mass is 16.3. The minimum absolute atomic E-state index is 0.158. The summed E-state index contributed by atoms with van der Waals surface area (Å²) in [7, 11) is 6.03. The van der Waals surface area contributed by atoms with Crippen LogP contribution >= 0.6 is 0 Å². The number of amides is 1. The first-order valence-corrected chi connectivity index (χ1v) is 8.68. The summed E-state index contributed by atoms with van der Waals surface area (Å²) in [5.74, 6) is -0.648. The van der Waals surface area contributed by atoms with Gasteiger partial charge in [-0.05, 0) is 30.5 Å². The van der Waals surface area contributed by atoms with Gasteiger partial charge in [-0.1, -0.05) is 37.5 Å². The number of carbonyl (C=O) groups is 1. The SMILES string of the molecule is [B]c1cccc2c1c(O)c(C(=O)Nc1ncccc1C)c(=O)n2CC(C)C. The minimum Gasteiger partial charge on any atom is -0.506 e. The van der Waals surface area contributed by atoms with Crippen molar-refractivity contribution in [1.82, 2.24) is 9.55 Å². The highest BCUT2D eigenvalue weighted by Crippen LogP contribution is 2.26. The third kappa shape index (κ3) is 3.45. The molecule has 2 N–H and O–H groups in total. The number of hydrogen-bond acceptors (Lipinski definition) is 4. The summed E-state index contributed by atoms with van der Waals surface area (Å²) in [6.07, 6.45) is 1.54. The number of hydrogen-bond donors (Lipinski definition) is 2. The molecule has 0 atom stereocenters. The van der Waals surface area contributed by atoms with Crippen molar-refractivity contribution in [3.05, 3.63) is 58.0 Å². The molecule has 7 heteroatoms. The Morgan fingerprint density at radius 3 is 2.70 bits per heavy atom. The van der Waals surface area contributed by atoms with Crippen molar-refractivity contribution in [3.8, 4) is 5.75 Å². The van der Waals surface area contributed by atoms with Gasteiger partial charge < -0.3 is 15.0 Å². The van der Waals surface area contributed by atoms with Crippen LogP contribution in [0.5, 0.6) is 5.75 Å². The fraction of sp³-hybridized carbons (Fsp3) is 0.250. The van der Waals surface area contributed by atoms with Crippen LogP contribution in [0.15, 0.2) is 41.3 Å². The van der Waals surface area contributed by atoms with E-state index < -0.39 is 17.2 Å². The second kappa shape index (κ2) is 7.27. The van der Waals surface area contributed by atoms with Gasteiger partial charge in [0.25, 0.3) is 11.5 Å². The van der Waals surface area contributed by atoms with Crippen molar-refractivity contribution < 1.29 is 9.90 Å². The molecule has 0 spiro atoms. The number of carbonyl (C=O) groups excluding carboxylic acids is 1. The Hall–Kier alpha value is -3.09. The van der Waals surface area contributed by atoms with Gasteiger partial charge >= 0.3 is 0 Å². The van der Waals surface area contributed by atoms with Gasteiger partial charge in [-0.3, -0.25) is 9.59 Å². The lowest BCUT2D eigenvalue weighted by Crippen LogP contribution is -2.32. The standard InChI is InChI=1S/C20H20BN3O3/c1-11(2)10-24-14-8-4-7-13(21)15(14)17(25)16(20(24)27)19(26)23-18-12(3)6-5-9-22-18/h4-9,11,25H,10H2,1-3H3,(H,22,23,26). The summed E-state index contributed by atoms with van der Waals surface area (Å²) < 4.78 is 1.48. The van der Waals surface area contributed by atoms with Gasteiger partial charge in [-0.2, -0.15) is 0 Å². The first-order chi connectivity index (χ1) is 12.8. The van der Waals surface area contributed by atoms with E-state index in [1.807, 2.05) is 13.8 Å². The van der Waals surface area contributed by atoms with Gasteiger partial charge in [-0.15, -0.1) is 0 Å². The van der Waals surface area contributed by atoms with E-state index in [9.17, 15) is 14.7 Å². The monoisotopic (exact) mass is 361 g/mol. The lowest BCUT2D eigenvalue weighted by atomic mass is 9.90. The molecular weight excluding hydrogens is 341 g/mol. The first kappa shape index (κ1) is 18.7. The lowest BCUT2D eigenvalue weighted by molar-refractivity contribution is 0.102. The topological polar surface area (TPSA) is 84.2 Å². The maximum Gasteiger partial charge on any atom is 0.267 e. The van der Waals surface area contributed by atoms with Crippen molar-refractivity contribution in [2.45, 2.75) is 27.3 Å². The predicted molar refractivity (Wildman–Crippen MR) is 107 cm³/mol. The van der Waals surface area contributed by atoms with E-state index in [1.165, 1.54) is 10.8 Å². The van der Waals surface area contributed by atoms with E-state index >= 15 is 0 Å². The summed E-state index contributed by atoms with van der Waals surface area (Å²) in [4.78, 5) is 30.0. The van der Waals surface area contributed by atoms with Crippen molar-refractivity contribution in [2.75, 3.05) is 5.32 Å². The molecule has 1 aromatic carbocycles. The molecule has 3 rings (SSSR count). The van der Waals surface area contributed by atoms with Crippen LogP contribution in [0.4, 0.5) is 5.82 Å². The molecule has 2 heterocycles. The fourth-order valence-corrected chi connectivity index (χ4v) is 3.05. The quantitative estimate of drug-likeness (QED) is 0.698. The predicted octanol–water partition coefficient (Wildman–Crippen LogP) is 2.11. The molecule has 0 unspecified atom stereocenters. The summed E-state index contributed by atoms with van der Waals surface area (Å²) in [5, 5.41) is 13.6. The Labute approximate surface area is 158 Å². The Balaban J connectivity index is 2.23. The number of fused-ring (bicyclic) bond motifs is 1. The van der Waals surface area contributed by atoms with Crippen molar-refractivity contribution in [2.24, 2.45) is 5.92 Å². The molecule has 136 valence electrons. The molecule has 0 aliphatic carbocycles. The van der Waals surface area contributed by atoms with Gasteiger partial charge in [0.1, 0.15) is 25.0 Å². The number of nitrogens with zero attached hydrogens (tertiary/aromatic N) is 2. The van der Waals surface area contributed by atoms with Crippen LogP contribution in [-0.4, -0.2) is 28.4 Å². The first-order valence-electron chi connectivity index (χ1n) is 8.68. The molecule has 6 nitrogen and oxygen atoms in total. The van der Waals surface area contributed by atoms with Gasteiger partial charge in [0.15, 0.2) is 0 Å². The van der Waals surface area contributed by atoms with Crippen LogP contribution in [0.2, 0.25) is 0 Å². The van der Waals surface area contributed by atoms with E-state index in [0.717, 1.165) is 5.56 Å². The van der Waals surface area contributed by atoms with E-state index in [0.29, 0.717) is 28.7 Å². The number of pyridine rings is 2. The Bertz CT molecular complexity index is 1090. The van der Waals surface area contributed by atoms with Crippen LogP contribution in [-0.2, 0) is 6.54 Å². The summed E-state index contributed by atoms with van der Waals surface area (Å²) in [6.45, 7) is 6.11. The number of benzene rings is 1. The highest BCUT2D eigenvalue weighted by molar-refractivity contribution is 6.39. The maximum absolute atomic E-state index is 13.0. The zero-order chi connectivity index (χ0) is 19.7. The highest BCUT2D eigenvalue weighted by Gasteiger charge is 2.24. The summed E-state index contributed by atoms with van der Waals surface area (Å²) in [5.41, 5.74) is 0.631. The number of anilines is 1. The Kier molecular flexibility index (Phi) is 5.03. The summed E-state index contributed by atoms with van der Waals surface area (Å²) in [6, 6.07) is 8.58. The number of rotatable bonds is 4. The van der Waals surface area contributed by atoms with Crippen molar-refractivity contribution in [1.29, 1.82) is 0 Å². The summed E-state index contributed by atoms with van der Waals surface area (Å²) >= 11 is 0. The largest absolute Gasteiger partial charge is 0.506 e. The zero-order valence-corrected chi connectivity index (χ0v) is 15.5. The fourth-order valence-electron chi connectivity index (χ4n) is 3.05. The molecule has 1 amide bonds. The van der Waals surface area contributed by atoms with E-state index in [2.05, 4.69) is 10.3 Å². The van der Waals surface area contributed by atoms with Crippen LogP contribution < -0.4 is 16.3 Å². The van der Waals surface area contributed by atoms with E-state index in [4.69, 9.17) is 7.85 Å². The number of nitrogens with one attached hydrogen (secondary N) is 1. The van der Waals surface area contributed by atoms with Crippen LogP contribution in [0.3, 0.4) is 0 Å². The minimum atomic E-state index is -0.720. The second-order valence-electron chi connectivity index (χ2n) is 6.90. The molecule has 0 saturated carbocycles. The average molecular weight is 361 g/mol. The van der Waals surface area contributed by atoms with Gasteiger partial charge in [-0.25, -0.2) is 4.98 Å². The molecule has 0 aliphatic rings. The smallest absolute Gasteiger partial charge is 0.267 e. The van der Waals surface area contributed by atoms with Gasteiger partial charge in [0, 0.05) is 18.1 Å². The van der Waals surface area contributed by atoms with Gasteiger partial charge in [0.05, 0.1) is 5.52 Å².